The minimum Gasteiger partial charge on any atom is -0.344 e. The van der Waals surface area contributed by atoms with Crippen LogP contribution in [0.1, 0.15) is 49.4 Å². The molecule has 1 amide bonds. The lowest BCUT2D eigenvalue weighted by molar-refractivity contribution is -0.131. The Morgan fingerprint density at radius 1 is 1.28 bits per heavy atom. The van der Waals surface area contributed by atoms with E-state index >= 15 is 0 Å². The van der Waals surface area contributed by atoms with Crippen molar-refractivity contribution in [2.45, 2.75) is 52.5 Å². The molecule has 4 nitrogen and oxygen atoms in total. The smallest absolute Gasteiger partial charge is 0.229 e. The highest BCUT2D eigenvalue weighted by Crippen LogP contribution is 2.21. The van der Waals surface area contributed by atoms with Gasteiger partial charge in [0, 0.05) is 25.1 Å². The van der Waals surface area contributed by atoms with Crippen LogP contribution in [-0.4, -0.2) is 22.5 Å². The molecule has 2 aromatic rings. The minimum atomic E-state index is -0.273. The van der Waals surface area contributed by atoms with E-state index in [0.717, 1.165) is 30.4 Å². The molecule has 0 unspecified atom stereocenters. The van der Waals surface area contributed by atoms with Gasteiger partial charge in [-0.3, -0.25) is 4.79 Å². The van der Waals surface area contributed by atoms with Crippen molar-refractivity contribution in [2.75, 3.05) is 6.54 Å². The van der Waals surface area contributed by atoms with E-state index in [-0.39, 0.29) is 16.9 Å². The summed E-state index contributed by atoms with van der Waals surface area (Å²) in [4.78, 5) is 14.5. The number of unbranched alkanes of at least 4 members (excludes halogenated alkanes) is 2. The Balaban J connectivity index is 2.00. The second-order valence-corrected chi connectivity index (χ2v) is 6.51. The first-order valence-electron chi connectivity index (χ1n) is 8.64. The first kappa shape index (κ1) is 19.4. The number of amides is 1. The van der Waals surface area contributed by atoms with Gasteiger partial charge in [0.15, 0.2) is 0 Å². The lowest BCUT2D eigenvalue weighted by atomic mass is 10.1. The number of carbonyl (C=O) groups is 1. The molecule has 25 heavy (non-hydrogen) atoms. The number of aryl methyl sites for hydroxylation is 1. The van der Waals surface area contributed by atoms with Gasteiger partial charge in [-0.1, -0.05) is 37.1 Å². The Bertz CT molecular complexity index is 666. The minimum absolute atomic E-state index is 0.0529. The first-order valence-corrected chi connectivity index (χ1v) is 9.02. The molecule has 0 spiro atoms. The van der Waals surface area contributed by atoms with E-state index in [0.29, 0.717) is 31.6 Å². The zero-order valence-electron chi connectivity index (χ0n) is 14.7. The number of benzene rings is 1. The zero-order valence-corrected chi connectivity index (χ0v) is 15.5. The number of halogens is 2. The molecule has 136 valence electrons. The number of aromatic nitrogens is 1. The molecule has 6 heteroatoms. The lowest BCUT2D eigenvalue weighted by Crippen LogP contribution is -2.31. The summed E-state index contributed by atoms with van der Waals surface area (Å²) in [6.45, 7) is 5.12. The van der Waals surface area contributed by atoms with E-state index in [1.54, 1.807) is 12.1 Å². The van der Waals surface area contributed by atoms with Crippen LogP contribution in [0.5, 0.6) is 0 Å². The van der Waals surface area contributed by atoms with Crippen molar-refractivity contribution in [1.82, 2.24) is 10.1 Å². The van der Waals surface area contributed by atoms with Gasteiger partial charge in [0.2, 0.25) is 11.1 Å². The van der Waals surface area contributed by atoms with Crippen molar-refractivity contribution in [3.63, 3.8) is 0 Å². The molecule has 0 saturated heterocycles. The third kappa shape index (κ3) is 5.85. The quantitative estimate of drug-likeness (QED) is 0.591. The number of rotatable bonds is 9. The molecule has 1 aromatic carbocycles. The van der Waals surface area contributed by atoms with Crippen molar-refractivity contribution in [3.8, 4) is 0 Å². The first-order chi connectivity index (χ1) is 12.0. The molecule has 1 heterocycles. The third-order valence-electron chi connectivity index (χ3n) is 4.20. The van der Waals surface area contributed by atoms with Crippen molar-refractivity contribution in [3.05, 3.63) is 52.1 Å². The maximum absolute atomic E-state index is 13.1. The van der Waals surface area contributed by atoms with Crippen LogP contribution in [0.3, 0.4) is 0 Å². The lowest BCUT2D eigenvalue weighted by Gasteiger charge is -2.23. The van der Waals surface area contributed by atoms with Gasteiger partial charge in [0.05, 0.1) is 5.69 Å². The number of hydrogen-bond acceptors (Lipinski definition) is 3. The monoisotopic (exact) mass is 366 g/mol. The highest BCUT2D eigenvalue weighted by Gasteiger charge is 2.17. The van der Waals surface area contributed by atoms with Gasteiger partial charge >= 0.3 is 0 Å². The number of carbonyl (C=O) groups excluding carboxylic acids is 1. The van der Waals surface area contributed by atoms with Crippen LogP contribution in [-0.2, 0) is 17.8 Å². The fraction of sp³-hybridized carbons (Fsp3) is 0.474. The largest absolute Gasteiger partial charge is 0.344 e. The molecule has 0 fully saturated rings. The molecule has 0 aliphatic rings. The fourth-order valence-corrected chi connectivity index (χ4v) is 2.95. The molecule has 0 radical (unpaired) electrons. The van der Waals surface area contributed by atoms with E-state index in [9.17, 15) is 9.18 Å². The molecule has 0 N–H and O–H groups in total. The standard InChI is InChI=1S/C19H24ClFN2O2/c1-3-4-5-12-23(13-15-6-8-16(21)9-7-15)18(24)11-10-17-14(2)22-25-19(17)20/h6-9H,3-5,10-13H2,1-2H3. The van der Waals surface area contributed by atoms with E-state index in [1.807, 2.05) is 11.8 Å². The average molecular weight is 367 g/mol. The van der Waals surface area contributed by atoms with E-state index < -0.39 is 0 Å². The van der Waals surface area contributed by atoms with Gasteiger partial charge in [-0.2, -0.15) is 0 Å². The Morgan fingerprint density at radius 2 is 2.00 bits per heavy atom. The van der Waals surface area contributed by atoms with E-state index in [2.05, 4.69) is 12.1 Å². The second-order valence-electron chi connectivity index (χ2n) is 6.17. The Labute approximate surface area is 152 Å². The van der Waals surface area contributed by atoms with Crippen LogP contribution in [0, 0.1) is 12.7 Å². The molecule has 0 atom stereocenters. The van der Waals surface area contributed by atoms with E-state index in [4.69, 9.17) is 16.1 Å². The molecular formula is C19H24ClFN2O2. The highest BCUT2D eigenvalue weighted by molar-refractivity contribution is 6.29. The molecule has 0 saturated carbocycles. The summed E-state index contributed by atoms with van der Waals surface area (Å²) in [5.74, 6) is -0.220. The Hall–Kier alpha value is -1.88. The highest BCUT2D eigenvalue weighted by atomic mass is 35.5. The topological polar surface area (TPSA) is 46.3 Å². The van der Waals surface area contributed by atoms with Gasteiger partial charge in [-0.05, 0) is 49.1 Å². The number of hydrogen-bond donors (Lipinski definition) is 0. The summed E-state index contributed by atoms with van der Waals surface area (Å²) in [6, 6.07) is 6.28. The van der Waals surface area contributed by atoms with Gasteiger partial charge < -0.3 is 9.42 Å². The van der Waals surface area contributed by atoms with Gasteiger partial charge in [-0.15, -0.1) is 0 Å². The fourth-order valence-electron chi connectivity index (χ4n) is 2.68. The maximum Gasteiger partial charge on any atom is 0.229 e. The predicted molar refractivity (Wildman–Crippen MR) is 95.9 cm³/mol. The summed E-state index contributed by atoms with van der Waals surface area (Å²) >= 11 is 5.97. The van der Waals surface area contributed by atoms with Crippen molar-refractivity contribution in [1.29, 1.82) is 0 Å². The zero-order chi connectivity index (χ0) is 18.2. The SMILES string of the molecule is CCCCCN(Cc1ccc(F)cc1)C(=O)CCc1c(C)noc1Cl. The van der Waals surface area contributed by atoms with Crippen LogP contribution in [0.2, 0.25) is 5.22 Å². The summed E-state index contributed by atoms with van der Waals surface area (Å²) in [5.41, 5.74) is 2.42. The van der Waals surface area contributed by atoms with E-state index in [1.165, 1.54) is 12.1 Å². The van der Waals surface area contributed by atoms with Gasteiger partial charge in [0.25, 0.3) is 0 Å². The Kier molecular flexibility index (Phi) is 7.44. The summed E-state index contributed by atoms with van der Waals surface area (Å²) in [7, 11) is 0. The second kappa shape index (κ2) is 9.56. The van der Waals surface area contributed by atoms with Gasteiger partial charge in [0.1, 0.15) is 5.82 Å². The molecular weight excluding hydrogens is 343 g/mol. The summed E-state index contributed by atoms with van der Waals surface area (Å²) in [5, 5.41) is 4.06. The van der Waals surface area contributed by atoms with Gasteiger partial charge in [-0.25, -0.2) is 4.39 Å². The maximum atomic E-state index is 13.1. The van der Waals surface area contributed by atoms with Crippen LogP contribution in [0.4, 0.5) is 4.39 Å². The summed E-state index contributed by atoms with van der Waals surface area (Å²) in [6.07, 6.45) is 3.96. The van der Waals surface area contributed by atoms with Crippen molar-refractivity contribution < 1.29 is 13.7 Å². The molecule has 0 bridgehead atoms. The van der Waals surface area contributed by atoms with Crippen LogP contribution in [0.25, 0.3) is 0 Å². The number of nitrogens with zero attached hydrogens (tertiary/aromatic N) is 2. The normalized spacial score (nSPS) is 10.9. The summed E-state index contributed by atoms with van der Waals surface area (Å²) < 4.78 is 18.0. The van der Waals surface area contributed by atoms with Crippen molar-refractivity contribution >= 4 is 17.5 Å². The van der Waals surface area contributed by atoms with Crippen LogP contribution >= 0.6 is 11.6 Å². The molecule has 2 rings (SSSR count). The Morgan fingerprint density at radius 3 is 2.60 bits per heavy atom. The predicted octanol–water partition coefficient (Wildman–Crippen LogP) is 4.93. The van der Waals surface area contributed by atoms with Crippen LogP contribution < -0.4 is 0 Å². The average Bonchev–Trinajstić information content (AvgIpc) is 2.92. The van der Waals surface area contributed by atoms with Crippen LogP contribution in [0.15, 0.2) is 28.8 Å². The molecule has 0 aliphatic carbocycles. The van der Waals surface area contributed by atoms with Crippen molar-refractivity contribution in [2.24, 2.45) is 0 Å². The molecule has 0 aliphatic heterocycles. The molecule has 1 aromatic heterocycles. The third-order valence-corrected chi connectivity index (χ3v) is 4.49.